The van der Waals surface area contributed by atoms with Gasteiger partial charge < -0.3 is 8.74 Å². The Kier molecular flexibility index (Phi) is 4.72. The Balaban J connectivity index is 3.83. The highest BCUT2D eigenvalue weighted by atomic mass is 32.2. The van der Waals surface area contributed by atoms with E-state index >= 15 is 0 Å². The lowest BCUT2D eigenvalue weighted by Crippen LogP contribution is -2.08. The third kappa shape index (κ3) is 4.69. The molecule has 5 heteroatoms. The van der Waals surface area contributed by atoms with E-state index in [4.69, 9.17) is 0 Å². The largest absolute Gasteiger partial charge is 0.740 e. The summed E-state index contributed by atoms with van der Waals surface area (Å²) in [7, 11) is 0. The van der Waals surface area contributed by atoms with Crippen LogP contribution in [0.5, 0.6) is 0 Å². The summed E-state index contributed by atoms with van der Waals surface area (Å²) in [4.78, 5) is 10.6. The van der Waals surface area contributed by atoms with Crippen molar-refractivity contribution in [1.82, 2.24) is 0 Å². The zero-order chi connectivity index (χ0) is 8.85. The van der Waals surface area contributed by atoms with Gasteiger partial charge in [0.1, 0.15) is 11.4 Å². The Morgan fingerprint density at radius 1 is 1.73 bits per heavy atom. The van der Waals surface area contributed by atoms with Crippen LogP contribution in [0.25, 0.3) is 0 Å². The quantitative estimate of drug-likeness (QED) is 0.468. The molecule has 0 amide bonds. The Morgan fingerprint density at radius 3 is 2.64 bits per heavy atom. The minimum Gasteiger partial charge on any atom is -0.740 e. The molecule has 0 aliphatic heterocycles. The molecule has 64 valence electrons. The van der Waals surface area contributed by atoms with Crippen molar-refractivity contribution in [2.45, 2.75) is 19.8 Å². The van der Waals surface area contributed by atoms with Crippen molar-refractivity contribution in [3.8, 4) is 0 Å². The summed E-state index contributed by atoms with van der Waals surface area (Å²) in [6.07, 6.45) is 1.19. The highest BCUT2D eigenvalue weighted by Crippen LogP contribution is 2.04. The summed E-state index contributed by atoms with van der Waals surface area (Å²) >= 11 is -2.78. The van der Waals surface area contributed by atoms with Gasteiger partial charge in [-0.2, -0.15) is 0 Å². The van der Waals surface area contributed by atoms with Crippen LogP contribution in [0, 0.1) is 0 Å². The van der Waals surface area contributed by atoms with Crippen molar-refractivity contribution in [2.75, 3.05) is 0 Å². The van der Waals surface area contributed by atoms with Gasteiger partial charge in [0, 0.05) is 5.57 Å². The Morgan fingerprint density at radius 2 is 2.27 bits per heavy atom. The fraction of sp³-hybridized carbons (Fsp3) is 0.500. The van der Waals surface area contributed by atoms with Crippen LogP contribution in [-0.4, -0.2) is 14.7 Å². The van der Waals surface area contributed by atoms with Crippen LogP contribution < -0.4 is 0 Å². The van der Waals surface area contributed by atoms with Gasteiger partial charge in [-0.05, 0) is 6.42 Å². The molecule has 0 aliphatic rings. The van der Waals surface area contributed by atoms with Crippen molar-refractivity contribution in [3.63, 3.8) is 0 Å². The van der Waals surface area contributed by atoms with Crippen molar-refractivity contribution in [2.24, 2.45) is 0 Å². The van der Waals surface area contributed by atoms with Crippen molar-refractivity contribution in [3.05, 3.63) is 12.2 Å². The maximum atomic E-state index is 10.6. The van der Waals surface area contributed by atoms with Crippen molar-refractivity contribution >= 4 is 17.3 Å². The summed E-state index contributed by atoms with van der Waals surface area (Å²) in [5.74, 6) is -0.875. The molecule has 11 heavy (non-hydrogen) atoms. The third-order valence-corrected chi connectivity index (χ3v) is 1.27. The topological polar surface area (TPSA) is 66.4 Å². The number of hydrogen-bond donors (Lipinski definition) is 0. The van der Waals surface area contributed by atoms with E-state index in [1.807, 2.05) is 6.92 Å². The monoisotopic (exact) mass is 177 g/mol. The number of rotatable bonds is 4. The molecule has 0 bridgehead atoms. The summed E-state index contributed by atoms with van der Waals surface area (Å²) in [6, 6.07) is 0. The zero-order valence-corrected chi connectivity index (χ0v) is 6.98. The molecule has 0 saturated carbocycles. The van der Waals surface area contributed by atoms with Gasteiger partial charge >= 0.3 is 5.97 Å². The molecule has 0 N–H and O–H groups in total. The lowest BCUT2D eigenvalue weighted by molar-refractivity contribution is -0.129. The minimum absolute atomic E-state index is 0.178. The van der Waals surface area contributed by atoms with Gasteiger partial charge in [0.2, 0.25) is 0 Å². The molecule has 0 rings (SSSR count). The van der Waals surface area contributed by atoms with Gasteiger partial charge in [-0.15, -0.1) is 0 Å². The van der Waals surface area contributed by atoms with Crippen LogP contribution in [0.3, 0.4) is 0 Å². The van der Waals surface area contributed by atoms with Crippen LogP contribution >= 0.6 is 0 Å². The molecule has 0 spiro atoms. The maximum Gasteiger partial charge on any atom is 0.346 e. The first-order valence-corrected chi connectivity index (χ1v) is 4.07. The van der Waals surface area contributed by atoms with E-state index in [0.29, 0.717) is 6.42 Å². The van der Waals surface area contributed by atoms with E-state index in [0.717, 1.165) is 6.42 Å². The Labute approximate surface area is 67.7 Å². The molecule has 0 aromatic heterocycles. The van der Waals surface area contributed by atoms with E-state index in [9.17, 15) is 13.6 Å². The molecule has 0 saturated heterocycles. The molecule has 0 aliphatic carbocycles. The SMILES string of the molecule is C=C(CCC)C(=O)OS(=O)[O-]. The number of hydrogen-bond acceptors (Lipinski definition) is 4. The number of carbonyl (C=O) groups is 1. The molecule has 0 heterocycles. The second-order valence-corrected chi connectivity index (χ2v) is 2.50. The second-order valence-electron chi connectivity index (χ2n) is 1.93. The van der Waals surface area contributed by atoms with Crippen LogP contribution in [-0.2, 0) is 20.3 Å². The first-order chi connectivity index (χ1) is 5.07. The van der Waals surface area contributed by atoms with Gasteiger partial charge in [-0.25, -0.2) is 9.00 Å². The van der Waals surface area contributed by atoms with Crippen molar-refractivity contribution in [1.29, 1.82) is 0 Å². The third-order valence-electron chi connectivity index (χ3n) is 0.984. The van der Waals surface area contributed by atoms with Crippen LogP contribution in [0.15, 0.2) is 12.2 Å². The molecule has 0 aromatic rings. The molecule has 0 radical (unpaired) electrons. The van der Waals surface area contributed by atoms with E-state index < -0.39 is 17.3 Å². The summed E-state index contributed by atoms with van der Waals surface area (Å²) in [6.45, 7) is 5.20. The summed E-state index contributed by atoms with van der Waals surface area (Å²) in [5.41, 5.74) is 0.178. The maximum absolute atomic E-state index is 10.6. The smallest absolute Gasteiger partial charge is 0.346 e. The second kappa shape index (κ2) is 5.03. The van der Waals surface area contributed by atoms with Crippen LogP contribution in [0.4, 0.5) is 0 Å². The highest BCUT2D eigenvalue weighted by molar-refractivity contribution is 7.74. The average Bonchev–Trinajstić information content (AvgIpc) is 1.86. The molecule has 1 unspecified atom stereocenters. The summed E-state index contributed by atoms with van der Waals surface area (Å²) in [5, 5.41) is 0. The fourth-order valence-corrected chi connectivity index (χ4v) is 0.766. The molecule has 1 atom stereocenters. The Hall–Kier alpha value is -0.680. The lowest BCUT2D eigenvalue weighted by atomic mass is 10.2. The van der Waals surface area contributed by atoms with E-state index in [2.05, 4.69) is 10.8 Å². The van der Waals surface area contributed by atoms with Gasteiger partial charge in [0.15, 0.2) is 0 Å². The Bertz CT molecular complexity index is 187. The predicted octanol–water partition coefficient (Wildman–Crippen LogP) is 0.680. The highest BCUT2D eigenvalue weighted by Gasteiger charge is 2.06. The molecular formula is C6H9O4S-. The zero-order valence-electron chi connectivity index (χ0n) is 6.16. The average molecular weight is 177 g/mol. The molecule has 0 fully saturated rings. The molecular weight excluding hydrogens is 168 g/mol. The van der Waals surface area contributed by atoms with E-state index in [1.165, 1.54) is 0 Å². The standard InChI is InChI=1S/C6H10O4S/c1-3-4-5(2)6(7)10-11(8)9/h2-4H2,1H3,(H,8,9)/p-1. The first kappa shape index (κ1) is 10.3. The van der Waals surface area contributed by atoms with Gasteiger partial charge in [-0.3, -0.25) is 0 Å². The molecule has 0 aromatic carbocycles. The summed E-state index contributed by atoms with van der Waals surface area (Å²) < 4.78 is 23.5. The first-order valence-electron chi connectivity index (χ1n) is 3.07. The lowest BCUT2D eigenvalue weighted by Gasteiger charge is -2.05. The van der Waals surface area contributed by atoms with Gasteiger partial charge in [0.05, 0.1) is 0 Å². The van der Waals surface area contributed by atoms with E-state index in [-0.39, 0.29) is 5.57 Å². The minimum atomic E-state index is -2.78. The van der Waals surface area contributed by atoms with Crippen molar-refractivity contribution < 1.29 is 17.7 Å². The van der Waals surface area contributed by atoms with Gasteiger partial charge in [-0.1, -0.05) is 19.9 Å². The van der Waals surface area contributed by atoms with Gasteiger partial charge in [0.25, 0.3) is 0 Å². The predicted molar refractivity (Wildman–Crippen MR) is 39.1 cm³/mol. The normalized spacial score (nSPS) is 12.2. The fourth-order valence-electron chi connectivity index (χ4n) is 0.525. The van der Waals surface area contributed by atoms with E-state index in [1.54, 1.807) is 0 Å². The van der Waals surface area contributed by atoms with Crippen LogP contribution in [0.1, 0.15) is 19.8 Å². The number of carbonyl (C=O) groups excluding carboxylic acids is 1. The van der Waals surface area contributed by atoms with Crippen LogP contribution in [0.2, 0.25) is 0 Å². The molecule has 4 nitrogen and oxygen atoms in total.